The maximum atomic E-state index is 6.25. The molecule has 0 aliphatic rings. The molecule has 1 unspecified atom stereocenters. The fraction of sp³-hybridized carbons (Fsp3) is 0.231. The molecule has 2 rings (SSSR count). The number of benzene rings is 1. The summed E-state index contributed by atoms with van der Waals surface area (Å²) in [7, 11) is 3.21. The molecule has 0 spiro atoms. The first-order valence-electron chi connectivity index (χ1n) is 5.49. The number of hydrogen-bond acceptors (Lipinski definition) is 4. The van der Waals surface area contributed by atoms with E-state index in [0.717, 1.165) is 14.9 Å². The minimum atomic E-state index is -0.242. The highest BCUT2D eigenvalue weighted by molar-refractivity contribution is 9.10. The van der Waals surface area contributed by atoms with Gasteiger partial charge in [-0.15, -0.1) is 11.3 Å². The average Bonchev–Trinajstić information content (AvgIpc) is 2.77. The van der Waals surface area contributed by atoms with Crippen molar-refractivity contribution in [2.75, 3.05) is 14.2 Å². The minimum absolute atomic E-state index is 0.242. The molecule has 0 bridgehead atoms. The van der Waals surface area contributed by atoms with E-state index in [4.69, 9.17) is 26.8 Å². The zero-order chi connectivity index (χ0) is 14.0. The summed E-state index contributed by atoms with van der Waals surface area (Å²) >= 11 is 10.9. The Kier molecular flexibility index (Phi) is 4.73. The van der Waals surface area contributed by atoms with Gasteiger partial charge in [0.1, 0.15) is 4.34 Å². The molecule has 102 valence electrons. The quantitative estimate of drug-likeness (QED) is 0.885. The van der Waals surface area contributed by atoms with Gasteiger partial charge in [-0.2, -0.15) is 0 Å². The number of rotatable bonds is 4. The fourth-order valence-electron chi connectivity index (χ4n) is 1.73. The van der Waals surface area contributed by atoms with Crippen molar-refractivity contribution >= 4 is 38.9 Å². The van der Waals surface area contributed by atoms with Crippen LogP contribution < -0.4 is 15.2 Å². The minimum Gasteiger partial charge on any atom is -0.493 e. The van der Waals surface area contributed by atoms with E-state index in [-0.39, 0.29) is 6.04 Å². The molecule has 3 nitrogen and oxygen atoms in total. The summed E-state index contributed by atoms with van der Waals surface area (Å²) in [5.41, 5.74) is 7.20. The van der Waals surface area contributed by atoms with Gasteiger partial charge in [-0.3, -0.25) is 0 Å². The number of thiophene rings is 1. The largest absolute Gasteiger partial charge is 0.493 e. The van der Waals surface area contributed by atoms with Gasteiger partial charge in [0.15, 0.2) is 11.5 Å². The second kappa shape index (κ2) is 6.13. The Hall–Kier alpha value is -0.750. The lowest BCUT2D eigenvalue weighted by Crippen LogP contribution is -2.10. The van der Waals surface area contributed by atoms with Crippen LogP contribution in [-0.2, 0) is 0 Å². The maximum absolute atomic E-state index is 6.25. The third-order valence-corrected chi connectivity index (χ3v) is 5.30. The van der Waals surface area contributed by atoms with Crippen LogP contribution in [0, 0.1) is 0 Å². The molecule has 6 heteroatoms. The molecule has 1 heterocycles. The number of halogens is 2. The van der Waals surface area contributed by atoms with Crippen molar-refractivity contribution < 1.29 is 9.47 Å². The highest BCUT2D eigenvalue weighted by Crippen LogP contribution is 2.38. The second-order valence-corrected chi connectivity index (χ2v) is 6.40. The monoisotopic (exact) mass is 361 g/mol. The Labute approximate surface area is 129 Å². The second-order valence-electron chi connectivity index (χ2n) is 3.86. The molecule has 0 fully saturated rings. The highest BCUT2D eigenvalue weighted by atomic mass is 79.9. The zero-order valence-electron chi connectivity index (χ0n) is 10.4. The van der Waals surface area contributed by atoms with Crippen molar-refractivity contribution in [1.29, 1.82) is 0 Å². The van der Waals surface area contributed by atoms with E-state index in [1.165, 1.54) is 11.3 Å². The Bertz CT molecular complexity index is 569. The van der Waals surface area contributed by atoms with E-state index in [2.05, 4.69) is 15.9 Å². The topological polar surface area (TPSA) is 44.5 Å². The number of ether oxygens (including phenoxy) is 2. The summed E-state index contributed by atoms with van der Waals surface area (Å²) in [4.78, 5) is 0.990. The van der Waals surface area contributed by atoms with Crippen LogP contribution in [0.5, 0.6) is 11.5 Å². The Morgan fingerprint density at radius 2 is 1.89 bits per heavy atom. The number of nitrogens with two attached hydrogens (primary N) is 1. The summed E-state index contributed by atoms with van der Waals surface area (Å²) in [5.74, 6) is 1.35. The molecule has 0 saturated carbocycles. The molecule has 2 aromatic rings. The van der Waals surface area contributed by atoms with Gasteiger partial charge < -0.3 is 15.2 Å². The number of hydrogen-bond donors (Lipinski definition) is 1. The van der Waals surface area contributed by atoms with E-state index >= 15 is 0 Å². The smallest absolute Gasteiger partial charge is 0.161 e. The van der Waals surface area contributed by atoms with Crippen LogP contribution in [0.25, 0.3) is 0 Å². The van der Waals surface area contributed by atoms with Crippen LogP contribution in [0.3, 0.4) is 0 Å². The predicted molar refractivity (Wildman–Crippen MR) is 82.6 cm³/mol. The normalized spacial score (nSPS) is 12.3. The van der Waals surface area contributed by atoms with Gasteiger partial charge in [-0.1, -0.05) is 17.7 Å². The van der Waals surface area contributed by atoms with Gasteiger partial charge in [-0.25, -0.2) is 0 Å². The Balaban J connectivity index is 2.35. The van der Waals surface area contributed by atoms with E-state index in [9.17, 15) is 0 Å². The SMILES string of the molecule is COc1ccc(C(N)c2cc(Br)c(Cl)s2)cc1OC. The summed E-state index contributed by atoms with van der Waals surface area (Å²) < 4.78 is 12.1. The molecular weight excluding hydrogens is 350 g/mol. The summed E-state index contributed by atoms with van der Waals surface area (Å²) in [6, 6.07) is 7.35. The van der Waals surface area contributed by atoms with Crippen LogP contribution in [0.2, 0.25) is 4.34 Å². The van der Waals surface area contributed by atoms with Gasteiger partial charge >= 0.3 is 0 Å². The van der Waals surface area contributed by atoms with Crippen LogP contribution in [0.4, 0.5) is 0 Å². The first-order chi connectivity index (χ1) is 9.06. The summed E-state index contributed by atoms with van der Waals surface area (Å²) in [6.45, 7) is 0. The van der Waals surface area contributed by atoms with E-state index in [0.29, 0.717) is 15.8 Å². The van der Waals surface area contributed by atoms with Gasteiger partial charge in [0.05, 0.1) is 20.3 Å². The molecule has 19 heavy (non-hydrogen) atoms. The highest BCUT2D eigenvalue weighted by Gasteiger charge is 2.16. The molecule has 0 aliphatic carbocycles. The fourth-order valence-corrected chi connectivity index (χ4v) is 3.49. The van der Waals surface area contributed by atoms with Gasteiger partial charge in [-0.05, 0) is 39.7 Å². The Morgan fingerprint density at radius 1 is 1.21 bits per heavy atom. The molecular formula is C13H13BrClNO2S. The summed E-state index contributed by atoms with van der Waals surface area (Å²) in [5, 5.41) is 0. The first kappa shape index (κ1) is 14.7. The molecule has 0 saturated heterocycles. The van der Waals surface area contributed by atoms with E-state index < -0.39 is 0 Å². The summed E-state index contributed by atoms with van der Waals surface area (Å²) in [6.07, 6.45) is 0. The van der Waals surface area contributed by atoms with Gasteiger partial charge in [0.2, 0.25) is 0 Å². The molecule has 1 aromatic heterocycles. The third-order valence-electron chi connectivity index (χ3n) is 2.74. The van der Waals surface area contributed by atoms with Gasteiger partial charge in [0, 0.05) is 9.35 Å². The Morgan fingerprint density at radius 3 is 2.42 bits per heavy atom. The molecule has 1 atom stereocenters. The maximum Gasteiger partial charge on any atom is 0.161 e. The lowest BCUT2D eigenvalue weighted by atomic mass is 10.1. The lowest BCUT2D eigenvalue weighted by molar-refractivity contribution is 0.354. The van der Waals surface area contributed by atoms with Crippen molar-refractivity contribution in [3.8, 4) is 11.5 Å². The molecule has 2 N–H and O–H groups in total. The predicted octanol–water partition coefficient (Wildman–Crippen LogP) is 4.23. The van der Waals surface area contributed by atoms with Crippen molar-refractivity contribution in [3.05, 3.63) is 43.5 Å². The van der Waals surface area contributed by atoms with Crippen molar-refractivity contribution in [2.24, 2.45) is 5.73 Å². The van der Waals surface area contributed by atoms with E-state index in [1.807, 2.05) is 24.3 Å². The number of methoxy groups -OCH3 is 2. The van der Waals surface area contributed by atoms with Crippen molar-refractivity contribution in [1.82, 2.24) is 0 Å². The first-order valence-corrected chi connectivity index (χ1v) is 7.47. The molecule has 0 amide bonds. The van der Waals surface area contributed by atoms with Crippen LogP contribution in [0.15, 0.2) is 28.7 Å². The zero-order valence-corrected chi connectivity index (χ0v) is 13.6. The van der Waals surface area contributed by atoms with Crippen molar-refractivity contribution in [3.63, 3.8) is 0 Å². The average molecular weight is 363 g/mol. The van der Waals surface area contributed by atoms with Gasteiger partial charge in [0.25, 0.3) is 0 Å². The lowest BCUT2D eigenvalue weighted by Gasteiger charge is -2.13. The van der Waals surface area contributed by atoms with Crippen LogP contribution in [-0.4, -0.2) is 14.2 Å². The van der Waals surface area contributed by atoms with Crippen LogP contribution >= 0.6 is 38.9 Å². The molecule has 0 aliphatic heterocycles. The standard InChI is InChI=1S/C13H13BrClNO2S/c1-17-9-4-3-7(5-10(9)18-2)12(16)11-6-8(14)13(15)19-11/h3-6,12H,16H2,1-2H3. The molecule has 0 radical (unpaired) electrons. The van der Waals surface area contributed by atoms with E-state index in [1.54, 1.807) is 14.2 Å². The van der Waals surface area contributed by atoms with Crippen molar-refractivity contribution in [2.45, 2.75) is 6.04 Å². The van der Waals surface area contributed by atoms with Crippen LogP contribution in [0.1, 0.15) is 16.5 Å². The third kappa shape index (κ3) is 3.05. The molecule has 1 aromatic carbocycles.